The van der Waals surface area contributed by atoms with E-state index in [1.807, 2.05) is 13.8 Å². The van der Waals surface area contributed by atoms with Gasteiger partial charge >= 0.3 is 5.97 Å². The lowest BCUT2D eigenvalue weighted by molar-refractivity contribution is -0.114. The first-order valence-corrected chi connectivity index (χ1v) is 9.58. The third-order valence-electron chi connectivity index (χ3n) is 4.33. The molecule has 7 nitrogen and oxygen atoms in total. The number of methoxy groups -OCH3 is 1. The average Bonchev–Trinajstić information content (AvgIpc) is 2.96. The highest BCUT2D eigenvalue weighted by Crippen LogP contribution is 2.38. The van der Waals surface area contributed by atoms with E-state index in [0.29, 0.717) is 39.1 Å². The first-order chi connectivity index (χ1) is 14.2. The number of benzene rings is 2. The van der Waals surface area contributed by atoms with Crippen molar-refractivity contribution in [3.05, 3.63) is 58.1 Å². The molecule has 0 aliphatic carbocycles. The number of ether oxygens (including phenoxy) is 2. The van der Waals surface area contributed by atoms with E-state index >= 15 is 0 Å². The van der Waals surface area contributed by atoms with E-state index in [9.17, 15) is 9.59 Å². The lowest BCUT2D eigenvalue weighted by Crippen LogP contribution is -2.21. The maximum absolute atomic E-state index is 12.9. The Bertz CT molecular complexity index is 1060. The highest BCUT2D eigenvalue weighted by molar-refractivity contribution is 6.33. The first kappa shape index (κ1) is 21.4. The van der Waals surface area contributed by atoms with Crippen molar-refractivity contribution in [3.63, 3.8) is 0 Å². The third-order valence-corrected chi connectivity index (χ3v) is 4.61. The number of halogens is 1. The lowest BCUT2D eigenvalue weighted by Gasteiger charge is -2.15. The minimum atomic E-state index is -1.04. The zero-order valence-corrected chi connectivity index (χ0v) is 17.7. The molecule has 1 aliphatic rings. The van der Waals surface area contributed by atoms with Gasteiger partial charge in [0.2, 0.25) is 0 Å². The van der Waals surface area contributed by atoms with E-state index in [1.165, 1.54) is 24.3 Å². The monoisotopic (exact) mass is 428 g/mol. The molecule has 3 rings (SSSR count). The van der Waals surface area contributed by atoms with Crippen molar-refractivity contribution in [1.82, 2.24) is 0 Å². The normalized spacial score (nSPS) is 15.0. The SMILES string of the molecule is COc1c(Cl)cc(/C=C2/C(=O)N(c3ccc(C(=O)O)cc3)N=C2C)cc1OC(C)C. The molecule has 0 radical (unpaired) electrons. The van der Waals surface area contributed by atoms with Crippen molar-refractivity contribution >= 4 is 41.0 Å². The van der Waals surface area contributed by atoms with Gasteiger partial charge in [0, 0.05) is 0 Å². The van der Waals surface area contributed by atoms with Crippen molar-refractivity contribution in [2.24, 2.45) is 5.10 Å². The summed E-state index contributed by atoms with van der Waals surface area (Å²) in [7, 11) is 1.51. The molecule has 0 bridgehead atoms. The lowest BCUT2D eigenvalue weighted by atomic mass is 10.1. The van der Waals surface area contributed by atoms with Gasteiger partial charge in [-0.1, -0.05) is 11.6 Å². The number of anilines is 1. The van der Waals surface area contributed by atoms with E-state index in [2.05, 4.69) is 5.10 Å². The van der Waals surface area contributed by atoms with Gasteiger partial charge in [0.15, 0.2) is 11.5 Å². The van der Waals surface area contributed by atoms with E-state index < -0.39 is 5.97 Å². The van der Waals surface area contributed by atoms with Crippen molar-refractivity contribution < 1.29 is 24.2 Å². The average molecular weight is 429 g/mol. The number of hydrogen-bond donors (Lipinski definition) is 1. The van der Waals surface area contributed by atoms with Crippen LogP contribution in [0.4, 0.5) is 5.69 Å². The molecule has 0 aromatic heterocycles. The van der Waals surface area contributed by atoms with Gasteiger partial charge in [-0.2, -0.15) is 10.1 Å². The molecule has 1 amide bonds. The van der Waals surface area contributed by atoms with Crippen molar-refractivity contribution in [3.8, 4) is 11.5 Å². The van der Waals surface area contributed by atoms with Crippen LogP contribution in [-0.2, 0) is 4.79 Å². The second-order valence-corrected chi connectivity index (χ2v) is 7.32. The number of aromatic carboxylic acids is 1. The molecule has 0 saturated heterocycles. The molecule has 0 unspecified atom stereocenters. The van der Waals surface area contributed by atoms with E-state index in [0.717, 1.165) is 0 Å². The minimum Gasteiger partial charge on any atom is -0.491 e. The number of rotatable bonds is 6. The van der Waals surface area contributed by atoms with Crippen LogP contribution in [0.15, 0.2) is 47.1 Å². The van der Waals surface area contributed by atoms with Crippen LogP contribution in [0.3, 0.4) is 0 Å². The number of hydrazone groups is 1. The van der Waals surface area contributed by atoms with Gasteiger partial charge < -0.3 is 14.6 Å². The van der Waals surface area contributed by atoms with Gasteiger partial charge in [0.1, 0.15) is 0 Å². The Labute approximate surface area is 179 Å². The van der Waals surface area contributed by atoms with Crippen molar-refractivity contribution in [2.75, 3.05) is 12.1 Å². The van der Waals surface area contributed by atoms with Gasteiger partial charge in [-0.3, -0.25) is 4.79 Å². The van der Waals surface area contributed by atoms with Gasteiger partial charge in [0.05, 0.1) is 40.8 Å². The maximum Gasteiger partial charge on any atom is 0.335 e. The molecule has 1 N–H and O–H groups in total. The quantitative estimate of drug-likeness (QED) is 0.677. The fraction of sp³-hybridized carbons (Fsp3) is 0.227. The van der Waals surface area contributed by atoms with E-state index in [-0.39, 0.29) is 17.6 Å². The Balaban J connectivity index is 1.95. The summed E-state index contributed by atoms with van der Waals surface area (Å²) < 4.78 is 11.1. The number of amides is 1. The fourth-order valence-corrected chi connectivity index (χ4v) is 3.28. The molecule has 0 fully saturated rings. The summed E-state index contributed by atoms with van der Waals surface area (Å²) in [6.07, 6.45) is 1.60. The smallest absolute Gasteiger partial charge is 0.335 e. The number of carboxylic acids is 1. The Kier molecular flexibility index (Phi) is 6.12. The number of carboxylic acid groups (broad SMARTS) is 1. The Morgan fingerprint density at radius 3 is 2.47 bits per heavy atom. The van der Waals surface area contributed by atoms with Gasteiger partial charge in [-0.25, -0.2) is 4.79 Å². The van der Waals surface area contributed by atoms with E-state index in [4.69, 9.17) is 26.2 Å². The van der Waals surface area contributed by atoms with Crippen LogP contribution in [0.5, 0.6) is 11.5 Å². The van der Waals surface area contributed by atoms with Gasteiger partial charge in [-0.05, 0) is 68.8 Å². The van der Waals surface area contributed by atoms with Crippen LogP contribution >= 0.6 is 11.6 Å². The number of carbonyl (C=O) groups excluding carboxylic acids is 1. The second-order valence-electron chi connectivity index (χ2n) is 6.91. The standard InChI is InChI=1S/C22H21ClN2O5/c1-12(2)30-19-11-14(10-18(23)20(19)29-4)9-17-13(3)24-25(21(17)26)16-7-5-15(6-8-16)22(27)28/h5-12H,1-4H3,(H,27,28)/b17-9+. The van der Waals surface area contributed by atoms with E-state index in [1.54, 1.807) is 37.3 Å². The Hall–Kier alpha value is -3.32. The predicted octanol–water partition coefficient (Wildman–Crippen LogP) is 4.64. The molecule has 30 heavy (non-hydrogen) atoms. The van der Waals surface area contributed by atoms with Crippen molar-refractivity contribution in [1.29, 1.82) is 0 Å². The topological polar surface area (TPSA) is 88.4 Å². The summed E-state index contributed by atoms with van der Waals surface area (Å²) in [4.78, 5) is 24.0. The largest absolute Gasteiger partial charge is 0.491 e. The molecular weight excluding hydrogens is 408 g/mol. The molecule has 2 aromatic rings. The molecular formula is C22H21ClN2O5. The highest BCUT2D eigenvalue weighted by atomic mass is 35.5. The molecule has 0 spiro atoms. The summed E-state index contributed by atoms with van der Waals surface area (Å²) >= 11 is 6.33. The molecule has 1 heterocycles. The van der Waals surface area contributed by atoms with Crippen molar-refractivity contribution in [2.45, 2.75) is 26.9 Å². The third kappa shape index (κ3) is 4.31. The fourth-order valence-electron chi connectivity index (χ4n) is 2.98. The number of hydrogen-bond acceptors (Lipinski definition) is 5. The molecule has 1 aliphatic heterocycles. The summed E-state index contributed by atoms with van der Waals surface area (Å²) in [5, 5.41) is 14.9. The first-order valence-electron chi connectivity index (χ1n) is 9.20. The zero-order chi connectivity index (χ0) is 22.0. The maximum atomic E-state index is 12.9. The van der Waals surface area contributed by atoms with Gasteiger partial charge in [-0.15, -0.1) is 0 Å². The van der Waals surface area contributed by atoms with Crippen LogP contribution in [0, 0.1) is 0 Å². The highest BCUT2D eigenvalue weighted by Gasteiger charge is 2.29. The van der Waals surface area contributed by atoms with Crippen LogP contribution in [0.1, 0.15) is 36.7 Å². The molecule has 0 saturated carbocycles. The second kappa shape index (κ2) is 8.59. The van der Waals surface area contributed by atoms with Gasteiger partial charge in [0.25, 0.3) is 5.91 Å². The Morgan fingerprint density at radius 2 is 1.90 bits per heavy atom. The summed E-state index contributed by atoms with van der Waals surface area (Å²) in [5.41, 5.74) is 2.20. The Morgan fingerprint density at radius 1 is 1.23 bits per heavy atom. The molecule has 156 valence electrons. The molecule has 0 atom stereocenters. The summed E-state index contributed by atoms with van der Waals surface area (Å²) in [6.45, 7) is 5.51. The van der Waals surface area contributed by atoms with Crippen LogP contribution < -0.4 is 14.5 Å². The predicted molar refractivity (Wildman–Crippen MR) is 116 cm³/mol. The molecule has 2 aromatic carbocycles. The number of nitrogens with zero attached hydrogens (tertiary/aromatic N) is 2. The summed E-state index contributed by atoms with van der Waals surface area (Å²) in [6, 6.07) is 9.38. The minimum absolute atomic E-state index is 0.0847. The molecule has 8 heteroatoms. The van der Waals surface area contributed by atoms with Crippen LogP contribution in [-0.4, -0.2) is 35.9 Å². The number of carbonyl (C=O) groups is 2. The van der Waals surface area contributed by atoms with Crippen LogP contribution in [0.2, 0.25) is 5.02 Å². The van der Waals surface area contributed by atoms with Crippen LogP contribution in [0.25, 0.3) is 6.08 Å². The summed E-state index contributed by atoms with van der Waals surface area (Å²) in [5.74, 6) is -0.456. The zero-order valence-electron chi connectivity index (χ0n) is 17.0.